The summed E-state index contributed by atoms with van der Waals surface area (Å²) in [5, 5.41) is 3.28. The van der Waals surface area contributed by atoms with Crippen LogP contribution in [0.15, 0.2) is 24.3 Å². The smallest absolute Gasteiger partial charge is 0.258 e. The first kappa shape index (κ1) is 14.8. The summed E-state index contributed by atoms with van der Waals surface area (Å²) in [6.07, 6.45) is 0. The lowest BCUT2D eigenvalue weighted by molar-refractivity contribution is 0.418. The Morgan fingerprint density at radius 1 is 1.20 bits per heavy atom. The second-order valence-corrected chi connectivity index (χ2v) is 4.66. The van der Waals surface area contributed by atoms with E-state index < -0.39 is 11.6 Å². The Kier molecular flexibility index (Phi) is 4.62. The van der Waals surface area contributed by atoms with Gasteiger partial charge in [-0.05, 0) is 19.1 Å². The fraction of sp³-hybridized carbons (Fsp3) is 0.154. The Morgan fingerprint density at radius 3 is 2.65 bits per heavy atom. The van der Waals surface area contributed by atoms with Crippen molar-refractivity contribution in [2.24, 2.45) is 0 Å². The molecule has 2 aromatic rings. The molecule has 106 valence electrons. The van der Waals surface area contributed by atoms with E-state index in [9.17, 15) is 8.78 Å². The molecule has 1 aromatic carbocycles. The number of pyridine rings is 1. The maximum Gasteiger partial charge on any atom is 0.258 e. The second kappa shape index (κ2) is 6.24. The first-order chi connectivity index (χ1) is 9.51. The summed E-state index contributed by atoms with van der Waals surface area (Å²) < 4.78 is 32.3. The highest BCUT2D eigenvalue weighted by Gasteiger charge is 2.15. The van der Waals surface area contributed by atoms with Crippen LogP contribution in [0.1, 0.15) is 6.92 Å². The van der Waals surface area contributed by atoms with Gasteiger partial charge in [0, 0.05) is 23.7 Å². The van der Waals surface area contributed by atoms with E-state index in [4.69, 9.17) is 27.9 Å². The molecule has 1 N–H and O–H groups in total. The van der Waals surface area contributed by atoms with Crippen LogP contribution in [0.3, 0.4) is 0 Å². The average Bonchev–Trinajstić information content (AvgIpc) is 2.39. The SMILES string of the molecule is CCNc1nc(Oc2cc(Cl)ccc2Cl)c(F)cc1F. The predicted octanol–water partition coefficient (Wildman–Crippen LogP) is 4.89. The van der Waals surface area contributed by atoms with Gasteiger partial charge in [-0.25, -0.2) is 8.78 Å². The van der Waals surface area contributed by atoms with Crippen LogP contribution in [0.25, 0.3) is 0 Å². The van der Waals surface area contributed by atoms with Gasteiger partial charge in [0.25, 0.3) is 5.88 Å². The van der Waals surface area contributed by atoms with Crippen LogP contribution in [0.5, 0.6) is 11.6 Å². The van der Waals surface area contributed by atoms with Gasteiger partial charge in [0.1, 0.15) is 5.75 Å². The number of nitrogens with zero attached hydrogens (tertiary/aromatic N) is 1. The lowest BCUT2D eigenvalue weighted by Gasteiger charge is -2.10. The molecular weight excluding hydrogens is 309 g/mol. The number of rotatable bonds is 4. The number of hydrogen-bond acceptors (Lipinski definition) is 3. The van der Waals surface area contributed by atoms with Gasteiger partial charge in [-0.3, -0.25) is 0 Å². The lowest BCUT2D eigenvalue weighted by atomic mass is 10.3. The monoisotopic (exact) mass is 318 g/mol. The zero-order chi connectivity index (χ0) is 14.7. The van der Waals surface area contributed by atoms with Crippen molar-refractivity contribution in [3.8, 4) is 11.6 Å². The predicted molar refractivity (Wildman–Crippen MR) is 74.9 cm³/mol. The first-order valence-electron chi connectivity index (χ1n) is 5.74. The first-order valence-corrected chi connectivity index (χ1v) is 6.49. The molecule has 0 aliphatic rings. The van der Waals surface area contributed by atoms with Crippen LogP contribution in [-0.2, 0) is 0 Å². The Balaban J connectivity index is 2.37. The van der Waals surface area contributed by atoms with Crippen LogP contribution >= 0.6 is 23.2 Å². The molecule has 0 spiro atoms. The van der Waals surface area contributed by atoms with Crippen LogP contribution < -0.4 is 10.1 Å². The van der Waals surface area contributed by atoms with Gasteiger partial charge in [-0.1, -0.05) is 23.2 Å². The molecule has 1 aromatic heterocycles. The van der Waals surface area contributed by atoms with Crippen molar-refractivity contribution in [2.45, 2.75) is 6.92 Å². The van der Waals surface area contributed by atoms with Gasteiger partial charge >= 0.3 is 0 Å². The van der Waals surface area contributed by atoms with Crippen molar-refractivity contribution >= 4 is 29.0 Å². The highest BCUT2D eigenvalue weighted by molar-refractivity contribution is 6.34. The highest BCUT2D eigenvalue weighted by atomic mass is 35.5. The van der Waals surface area contributed by atoms with Crippen LogP contribution in [0.2, 0.25) is 10.0 Å². The number of benzene rings is 1. The van der Waals surface area contributed by atoms with E-state index in [0.29, 0.717) is 17.6 Å². The summed E-state index contributed by atoms with van der Waals surface area (Å²) in [5.41, 5.74) is 0. The van der Waals surface area contributed by atoms with E-state index in [-0.39, 0.29) is 22.5 Å². The van der Waals surface area contributed by atoms with Crippen molar-refractivity contribution in [3.05, 3.63) is 45.9 Å². The number of aromatic nitrogens is 1. The molecule has 0 atom stereocenters. The molecule has 0 aliphatic heterocycles. The molecule has 0 radical (unpaired) electrons. The zero-order valence-electron chi connectivity index (χ0n) is 10.4. The summed E-state index contributed by atoms with van der Waals surface area (Å²) >= 11 is 11.7. The molecule has 2 rings (SSSR count). The Morgan fingerprint density at radius 2 is 1.95 bits per heavy atom. The van der Waals surface area contributed by atoms with Gasteiger partial charge in [0.15, 0.2) is 17.5 Å². The molecule has 1 heterocycles. The van der Waals surface area contributed by atoms with Crippen molar-refractivity contribution in [1.29, 1.82) is 0 Å². The number of halogens is 4. The van der Waals surface area contributed by atoms with E-state index in [1.165, 1.54) is 12.1 Å². The third kappa shape index (κ3) is 3.29. The van der Waals surface area contributed by atoms with Gasteiger partial charge in [-0.2, -0.15) is 4.98 Å². The number of nitrogens with one attached hydrogen (secondary N) is 1. The number of anilines is 1. The summed E-state index contributed by atoms with van der Waals surface area (Å²) in [6, 6.07) is 5.18. The Labute approximate surface area is 124 Å². The van der Waals surface area contributed by atoms with E-state index in [0.717, 1.165) is 0 Å². The Bertz CT molecular complexity index is 638. The van der Waals surface area contributed by atoms with Crippen LogP contribution in [-0.4, -0.2) is 11.5 Å². The van der Waals surface area contributed by atoms with E-state index in [1.54, 1.807) is 13.0 Å². The van der Waals surface area contributed by atoms with Gasteiger partial charge in [0.2, 0.25) is 0 Å². The van der Waals surface area contributed by atoms with Crippen molar-refractivity contribution < 1.29 is 13.5 Å². The summed E-state index contributed by atoms with van der Waals surface area (Å²) in [5.74, 6) is -2.07. The molecule has 3 nitrogen and oxygen atoms in total. The molecule has 0 bridgehead atoms. The molecule has 0 amide bonds. The molecule has 0 fully saturated rings. The average molecular weight is 319 g/mol. The third-order valence-corrected chi connectivity index (χ3v) is 2.89. The van der Waals surface area contributed by atoms with E-state index in [1.807, 2.05) is 0 Å². The quantitative estimate of drug-likeness (QED) is 0.871. The molecular formula is C13H10Cl2F2N2O. The fourth-order valence-electron chi connectivity index (χ4n) is 1.47. The van der Waals surface area contributed by atoms with Crippen molar-refractivity contribution in [3.63, 3.8) is 0 Å². The minimum atomic E-state index is -0.930. The van der Waals surface area contributed by atoms with Crippen LogP contribution in [0.4, 0.5) is 14.6 Å². The molecule has 20 heavy (non-hydrogen) atoms. The van der Waals surface area contributed by atoms with Gasteiger partial charge in [0.05, 0.1) is 5.02 Å². The fourth-order valence-corrected chi connectivity index (χ4v) is 1.79. The van der Waals surface area contributed by atoms with E-state index in [2.05, 4.69) is 10.3 Å². The van der Waals surface area contributed by atoms with E-state index >= 15 is 0 Å². The molecule has 7 heteroatoms. The maximum atomic E-state index is 13.7. The topological polar surface area (TPSA) is 34.2 Å². The minimum Gasteiger partial charge on any atom is -0.435 e. The molecule has 0 aliphatic carbocycles. The molecule has 0 saturated carbocycles. The summed E-state index contributed by atoms with van der Waals surface area (Å²) in [6.45, 7) is 2.20. The Hall–Kier alpha value is -1.59. The van der Waals surface area contributed by atoms with Crippen LogP contribution in [0, 0.1) is 11.6 Å². The second-order valence-electron chi connectivity index (χ2n) is 3.81. The number of ether oxygens (including phenoxy) is 1. The normalized spacial score (nSPS) is 10.4. The van der Waals surface area contributed by atoms with Gasteiger partial charge in [-0.15, -0.1) is 0 Å². The lowest BCUT2D eigenvalue weighted by Crippen LogP contribution is -2.04. The van der Waals surface area contributed by atoms with Gasteiger partial charge < -0.3 is 10.1 Å². The summed E-state index contributed by atoms with van der Waals surface area (Å²) in [7, 11) is 0. The zero-order valence-corrected chi connectivity index (χ0v) is 11.9. The molecule has 0 saturated heterocycles. The van der Waals surface area contributed by atoms with Crippen molar-refractivity contribution in [1.82, 2.24) is 4.98 Å². The standard InChI is InChI=1S/C13H10Cl2F2N2O/c1-2-18-12-9(16)6-10(17)13(19-12)20-11-5-7(14)3-4-8(11)15/h3-6H,2H2,1H3,(H,18,19). The summed E-state index contributed by atoms with van der Waals surface area (Å²) in [4.78, 5) is 3.74. The minimum absolute atomic E-state index is 0.0953. The third-order valence-electron chi connectivity index (χ3n) is 2.34. The maximum absolute atomic E-state index is 13.7. The highest BCUT2D eigenvalue weighted by Crippen LogP contribution is 2.33. The van der Waals surface area contributed by atoms with Crippen molar-refractivity contribution in [2.75, 3.05) is 11.9 Å². The number of hydrogen-bond donors (Lipinski definition) is 1. The largest absolute Gasteiger partial charge is 0.435 e. The molecule has 0 unspecified atom stereocenters.